The normalized spacial score (nSPS) is 17.6. The van der Waals surface area contributed by atoms with Gasteiger partial charge in [0.2, 0.25) is 5.91 Å². The van der Waals surface area contributed by atoms with Gasteiger partial charge in [-0.15, -0.1) is 0 Å². The van der Waals surface area contributed by atoms with E-state index in [2.05, 4.69) is 5.32 Å². The molecule has 1 aliphatic heterocycles. The lowest BCUT2D eigenvalue weighted by Crippen LogP contribution is -2.38. The van der Waals surface area contributed by atoms with E-state index in [0.29, 0.717) is 37.2 Å². The molecule has 0 radical (unpaired) electrons. The lowest BCUT2D eigenvalue weighted by atomic mass is 10.1. The zero-order valence-corrected chi connectivity index (χ0v) is 12.2. The quantitative estimate of drug-likeness (QED) is 0.766. The molecule has 21 heavy (non-hydrogen) atoms. The zero-order chi connectivity index (χ0) is 15.4. The SMILES string of the molecule is CC(N)C(=O)NCc1ccc(N2CCC(O)CC2)c(F)c1. The third-order valence-electron chi connectivity index (χ3n) is 3.70. The maximum Gasteiger partial charge on any atom is 0.236 e. The topological polar surface area (TPSA) is 78.6 Å². The van der Waals surface area contributed by atoms with Gasteiger partial charge in [0, 0.05) is 19.6 Å². The first-order valence-corrected chi connectivity index (χ1v) is 7.22. The summed E-state index contributed by atoms with van der Waals surface area (Å²) >= 11 is 0. The molecule has 1 aromatic carbocycles. The number of rotatable bonds is 4. The molecule has 1 aromatic rings. The van der Waals surface area contributed by atoms with E-state index in [4.69, 9.17) is 5.73 Å². The molecular formula is C15H22FN3O2. The molecule has 116 valence electrons. The van der Waals surface area contributed by atoms with E-state index in [0.717, 1.165) is 0 Å². The highest BCUT2D eigenvalue weighted by molar-refractivity contribution is 5.80. The minimum absolute atomic E-state index is 0.260. The number of aliphatic hydroxyl groups is 1. The number of anilines is 1. The van der Waals surface area contributed by atoms with Crippen LogP contribution in [0.4, 0.5) is 10.1 Å². The number of amides is 1. The summed E-state index contributed by atoms with van der Waals surface area (Å²) in [6.07, 6.45) is 1.04. The number of carbonyl (C=O) groups excluding carboxylic acids is 1. The number of nitrogens with zero attached hydrogens (tertiary/aromatic N) is 1. The number of nitrogens with one attached hydrogen (secondary N) is 1. The summed E-state index contributed by atoms with van der Waals surface area (Å²) in [7, 11) is 0. The molecule has 1 heterocycles. The summed E-state index contributed by atoms with van der Waals surface area (Å²) in [6, 6.07) is 4.38. The largest absolute Gasteiger partial charge is 0.393 e. The summed E-state index contributed by atoms with van der Waals surface area (Å²) in [6.45, 7) is 3.16. The summed E-state index contributed by atoms with van der Waals surface area (Å²) in [5.41, 5.74) is 6.69. The molecular weight excluding hydrogens is 273 g/mol. The van der Waals surface area contributed by atoms with Crippen LogP contribution in [0.15, 0.2) is 18.2 Å². The third kappa shape index (κ3) is 4.15. The van der Waals surface area contributed by atoms with Gasteiger partial charge < -0.3 is 21.1 Å². The van der Waals surface area contributed by atoms with Crippen LogP contribution >= 0.6 is 0 Å². The maximum absolute atomic E-state index is 14.2. The van der Waals surface area contributed by atoms with E-state index in [-0.39, 0.29) is 24.4 Å². The Labute approximate surface area is 123 Å². The van der Waals surface area contributed by atoms with Crippen LogP contribution in [0.25, 0.3) is 0 Å². The summed E-state index contributed by atoms with van der Waals surface area (Å²) in [5.74, 6) is -0.566. The van der Waals surface area contributed by atoms with Crippen LogP contribution in [-0.4, -0.2) is 36.2 Å². The number of benzene rings is 1. The van der Waals surface area contributed by atoms with Gasteiger partial charge in [-0.3, -0.25) is 4.79 Å². The molecule has 1 saturated heterocycles. The van der Waals surface area contributed by atoms with Gasteiger partial charge in [0.25, 0.3) is 0 Å². The molecule has 0 bridgehead atoms. The van der Waals surface area contributed by atoms with Gasteiger partial charge in [-0.05, 0) is 37.5 Å². The molecule has 1 atom stereocenters. The number of halogens is 1. The van der Waals surface area contributed by atoms with E-state index in [1.807, 2.05) is 4.90 Å². The first kappa shape index (κ1) is 15.7. The lowest BCUT2D eigenvalue weighted by molar-refractivity contribution is -0.122. The highest BCUT2D eigenvalue weighted by Gasteiger charge is 2.19. The van der Waals surface area contributed by atoms with Gasteiger partial charge in [0.05, 0.1) is 17.8 Å². The maximum atomic E-state index is 14.2. The van der Waals surface area contributed by atoms with Gasteiger partial charge in [-0.2, -0.15) is 0 Å². The number of piperidine rings is 1. The minimum atomic E-state index is -0.575. The number of carbonyl (C=O) groups is 1. The predicted octanol–water partition coefficient (Wildman–Crippen LogP) is 0.750. The van der Waals surface area contributed by atoms with E-state index in [9.17, 15) is 14.3 Å². The molecule has 0 aliphatic carbocycles. The molecule has 2 rings (SSSR count). The highest BCUT2D eigenvalue weighted by atomic mass is 19.1. The summed E-state index contributed by atoms with van der Waals surface area (Å²) < 4.78 is 14.2. The highest BCUT2D eigenvalue weighted by Crippen LogP contribution is 2.24. The van der Waals surface area contributed by atoms with Crippen molar-refractivity contribution in [1.82, 2.24) is 5.32 Å². The average Bonchev–Trinajstić information content (AvgIpc) is 2.46. The van der Waals surface area contributed by atoms with E-state index < -0.39 is 6.04 Å². The third-order valence-corrected chi connectivity index (χ3v) is 3.70. The molecule has 1 unspecified atom stereocenters. The van der Waals surface area contributed by atoms with Crippen molar-refractivity contribution in [3.05, 3.63) is 29.6 Å². The monoisotopic (exact) mass is 295 g/mol. The van der Waals surface area contributed by atoms with Gasteiger partial charge >= 0.3 is 0 Å². The average molecular weight is 295 g/mol. The van der Waals surface area contributed by atoms with E-state index >= 15 is 0 Å². The molecule has 1 fully saturated rings. The van der Waals surface area contributed by atoms with Crippen LogP contribution in [0.2, 0.25) is 0 Å². The van der Waals surface area contributed by atoms with Crippen molar-refractivity contribution in [2.24, 2.45) is 5.73 Å². The molecule has 0 spiro atoms. The number of nitrogens with two attached hydrogens (primary N) is 1. The molecule has 0 saturated carbocycles. The van der Waals surface area contributed by atoms with Crippen LogP contribution in [0, 0.1) is 5.82 Å². The molecule has 1 amide bonds. The molecule has 1 aliphatic rings. The van der Waals surface area contributed by atoms with Crippen molar-refractivity contribution in [2.45, 2.75) is 38.5 Å². The zero-order valence-electron chi connectivity index (χ0n) is 12.2. The standard InChI is InChI=1S/C15H22FN3O2/c1-10(17)15(21)18-9-11-2-3-14(13(16)8-11)19-6-4-12(20)5-7-19/h2-3,8,10,12,20H,4-7,9,17H2,1H3,(H,18,21). The first-order chi connectivity index (χ1) is 9.97. The Bertz CT molecular complexity index is 500. The first-order valence-electron chi connectivity index (χ1n) is 7.22. The van der Waals surface area contributed by atoms with Crippen LogP contribution in [0.3, 0.4) is 0 Å². The Morgan fingerprint density at radius 3 is 2.76 bits per heavy atom. The molecule has 4 N–H and O–H groups in total. The van der Waals surface area contributed by atoms with Gasteiger partial charge in [0.15, 0.2) is 0 Å². The second kappa shape index (κ2) is 6.87. The second-order valence-electron chi connectivity index (χ2n) is 5.51. The Morgan fingerprint density at radius 1 is 1.52 bits per heavy atom. The van der Waals surface area contributed by atoms with Crippen LogP contribution in [0.5, 0.6) is 0 Å². The van der Waals surface area contributed by atoms with Crippen molar-refractivity contribution < 1.29 is 14.3 Å². The smallest absolute Gasteiger partial charge is 0.236 e. The Morgan fingerprint density at radius 2 is 2.19 bits per heavy atom. The van der Waals surface area contributed by atoms with Crippen LogP contribution in [0.1, 0.15) is 25.3 Å². The van der Waals surface area contributed by atoms with E-state index in [1.54, 1.807) is 19.1 Å². The van der Waals surface area contributed by atoms with Crippen LogP contribution in [-0.2, 0) is 11.3 Å². The Hall–Kier alpha value is -1.66. The van der Waals surface area contributed by atoms with Crippen molar-refractivity contribution in [3.63, 3.8) is 0 Å². The van der Waals surface area contributed by atoms with Gasteiger partial charge in [0.1, 0.15) is 5.82 Å². The molecule has 0 aromatic heterocycles. The van der Waals surface area contributed by atoms with Crippen molar-refractivity contribution in [2.75, 3.05) is 18.0 Å². The van der Waals surface area contributed by atoms with Gasteiger partial charge in [-0.1, -0.05) is 6.07 Å². The fraction of sp³-hybridized carbons (Fsp3) is 0.533. The predicted molar refractivity (Wildman–Crippen MR) is 79.3 cm³/mol. The van der Waals surface area contributed by atoms with Gasteiger partial charge in [-0.25, -0.2) is 4.39 Å². The summed E-state index contributed by atoms with van der Waals surface area (Å²) in [4.78, 5) is 13.3. The fourth-order valence-corrected chi connectivity index (χ4v) is 2.37. The Kier molecular flexibility index (Phi) is 5.14. The van der Waals surface area contributed by atoms with E-state index in [1.165, 1.54) is 6.07 Å². The van der Waals surface area contributed by atoms with Crippen molar-refractivity contribution in [3.8, 4) is 0 Å². The molecule has 6 heteroatoms. The Balaban J connectivity index is 1.99. The molecule has 5 nitrogen and oxygen atoms in total. The van der Waals surface area contributed by atoms with Crippen molar-refractivity contribution >= 4 is 11.6 Å². The lowest BCUT2D eigenvalue weighted by Gasteiger charge is -2.31. The minimum Gasteiger partial charge on any atom is -0.393 e. The number of aliphatic hydroxyl groups excluding tert-OH is 1. The fourth-order valence-electron chi connectivity index (χ4n) is 2.37. The van der Waals surface area contributed by atoms with Crippen molar-refractivity contribution in [1.29, 1.82) is 0 Å². The van der Waals surface area contributed by atoms with Crippen LogP contribution < -0.4 is 16.0 Å². The number of hydrogen-bond donors (Lipinski definition) is 3. The number of hydrogen-bond acceptors (Lipinski definition) is 4. The summed E-state index contributed by atoms with van der Waals surface area (Å²) in [5, 5.41) is 12.1. The second-order valence-corrected chi connectivity index (χ2v) is 5.51.